The number of rotatable bonds is 3. The van der Waals surface area contributed by atoms with Gasteiger partial charge in [0.2, 0.25) is 8.32 Å². The molecule has 2 heteroatoms. The first kappa shape index (κ1) is 13.3. The van der Waals surface area contributed by atoms with E-state index in [1.165, 1.54) is 5.56 Å². The van der Waals surface area contributed by atoms with Crippen LogP contribution in [0.15, 0.2) is 24.3 Å². The zero-order valence-electron chi connectivity index (χ0n) is 11.4. The normalized spacial score (nSPS) is 12.6. The van der Waals surface area contributed by atoms with E-state index in [1.54, 1.807) is 0 Å². The summed E-state index contributed by atoms with van der Waals surface area (Å²) in [7, 11) is -1.68. The van der Waals surface area contributed by atoms with Gasteiger partial charge in [0.1, 0.15) is 5.75 Å². The Morgan fingerprint density at radius 1 is 1.19 bits per heavy atom. The molecule has 1 nitrogen and oxygen atoms in total. The third-order valence-corrected chi connectivity index (χ3v) is 7.84. The maximum absolute atomic E-state index is 6.25. The zero-order valence-corrected chi connectivity index (χ0v) is 12.4. The summed E-state index contributed by atoms with van der Waals surface area (Å²) < 4.78 is 6.25. The Kier molecular flexibility index (Phi) is 3.84. The van der Waals surface area contributed by atoms with E-state index in [-0.39, 0.29) is 5.04 Å². The first-order chi connectivity index (χ1) is 7.26. The van der Waals surface area contributed by atoms with E-state index in [0.717, 1.165) is 12.2 Å². The summed E-state index contributed by atoms with van der Waals surface area (Å²) in [4.78, 5) is 0. The minimum atomic E-state index is -1.68. The molecule has 0 saturated heterocycles. The molecule has 0 atom stereocenters. The highest BCUT2D eigenvalue weighted by atomic mass is 28.4. The summed E-state index contributed by atoms with van der Waals surface area (Å²) in [6.45, 7) is 13.5. The maximum atomic E-state index is 6.25. The monoisotopic (exact) mass is 236 g/mol. The largest absolute Gasteiger partial charge is 0.543 e. The summed E-state index contributed by atoms with van der Waals surface area (Å²) in [6.07, 6.45) is 1.06. The van der Waals surface area contributed by atoms with Crippen LogP contribution in [-0.4, -0.2) is 8.32 Å². The number of benzene rings is 1. The topological polar surface area (TPSA) is 9.23 Å². The molecule has 1 aromatic rings. The summed E-state index contributed by atoms with van der Waals surface area (Å²) in [5, 5.41) is 0.259. The van der Waals surface area contributed by atoms with Crippen molar-refractivity contribution in [3.8, 4) is 5.75 Å². The Labute approximate surface area is 101 Å². The van der Waals surface area contributed by atoms with Crippen molar-refractivity contribution in [1.29, 1.82) is 0 Å². The Bertz CT molecular complexity index is 350. The SMILES string of the molecule is CCc1cccc(O[Si](C)(C)C(C)(C)C)c1. The fraction of sp³-hybridized carbons (Fsp3) is 0.571. The van der Waals surface area contributed by atoms with Gasteiger partial charge in [-0.05, 0) is 42.2 Å². The highest BCUT2D eigenvalue weighted by Gasteiger charge is 2.38. The van der Waals surface area contributed by atoms with Gasteiger partial charge in [-0.2, -0.15) is 0 Å². The van der Waals surface area contributed by atoms with E-state index >= 15 is 0 Å². The van der Waals surface area contributed by atoms with Gasteiger partial charge in [0.25, 0.3) is 0 Å². The molecule has 1 aromatic carbocycles. The van der Waals surface area contributed by atoms with Crippen molar-refractivity contribution in [3.05, 3.63) is 29.8 Å². The lowest BCUT2D eigenvalue weighted by Crippen LogP contribution is -2.43. The van der Waals surface area contributed by atoms with Gasteiger partial charge in [-0.1, -0.05) is 39.8 Å². The van der Waals surface area contributed by atoms with Gasteiger partial charge < -0.3 is 4.43 Å². The molecule has 0 bridgehead atoms. The molecule has 0 aromatic heterocycles. The third-order valence-electron chi connectivity index (χ3n) is 3.49. The summed E-state index contributed by atoms with van der Waals surface area (Å²) in [5.41, 5.74) is 1.34. The van der Waals surface area contributed by atoms with E-state index in [4.69, 9.17) is 4.43 Å². The van der Waals surface area contributed by atoms with Crippen LogP contribution in [0.5, 0.6) is 5.75 Å². The van der Waals surface area contributed by atoms with Gasteiger partial charge in [-0.25, -0.2) is 0 Å². The van der Waals surface area contributed by atoms with Crippen LogP contribution in [-0.2, 0) is 6.42 Å². The number of hydrogen-bond acceptors (Lipinski definition) is 1. The molecule has 0 fully saturated rings. The first-order valence-electron chi connectivity index (χ1n) is 6.04. The van der Waals surface area contributed by atoms with Crippen LogP contribution in [0.4, 0.5) is 0 Å². The molecule has 1 rings (SSSR count). The number of hydrogen-bond donors (Lipinski definition) is 0. The van der Waals surface area contributed by atoms with Gasteiger partial charge in [-0.3, -0.25) is 0 Å². The summed E-state index contributed by atoms with van der Waals surface area (Å²) >= 11 is 0. The summed E-state index contributed by atoms with van der Waals surface area (Å²) in [5.74, 6) is 1.03. The fourth-order valence-electron chi connectivity index (χ4n) is 1.28. The molecule has 0 aliphatic heterocycles. The quantitative estimate of drug-likeness (QED) is 0.695. The van der Waals surface area contributed by atoms with Crippen LogP contribution in [0.3, 0.4) is 0 Å². The van der Waals surface area contributed by atoms with Crippen molar-refractivity contribution >= 4 is 8.32 Å². The van der Waals surface area contributed by atoms with Crippen LogP contribution >= 0.6 is 0 Å². The molecule has 0 N–H and O–H groups in total. The second-order valence-corrected chi connectivity index (χ2v) is 10.6. The van der Waals surface area contributed by atoms with Crippen molar-refractivity contribution in [2.45, 2.75) is 52.2 Å². The Morgan fingerprint density at radius 3 is 2.31 bits per heavy atom. The van der Waals surface area contributed by atoms with E-state index in [0.29, 0.717) is 0 Å². The van der Waals surface area contributed by atoms with Gasteiger partial charge in [0.05, 0.1) is 0 Å². The van der Waals surface area contributed by atoms with Gasteiger partial charge >= 0.3 is 0 Å². The molecule has 0 aliphatic rings. The molecule has 90 valence electrons. The standard InChI is InChI=1S/C14H24OSi/c1-7-12-9-8-10-13(11-12)15-16(5,6)14(2,3)4/h8-11H,7H2,1-6H3. The van der Waals surface area contributed by atoms with Gasteiger partial charge in [0, 0.05) is 0 Å². The van der Waals surface area contributed by atoms with Crippen LogP contribution in [0, 0.1) is 0 Å². The third kappa shape index (κ3) is 3.11. The molecule has 0 amide bonds. The van der Waals surface area contributed by atoms with Crippen molar-refractivity contribution in [1.82, 2.24) is 0 Å². The fourth-order valence-corrected chi connectivity index (χ4v) is 2.30. The van der Waals surface area contributed by atoms with Gasteiger partial charge in [0.15, 0.2) is 0 Å². The van der Waals surface area contributed by atoms with Gasteiger partial charge in [-0.15, -0.1) is 0 Å². The molecule has 0 aliphatic carbocycles. The predicted molar refractivity (Wildman–Crippen MR) is 73.6 cm³/mol. The van der Waals surface area contributed by atoms with Crippen molar-refractivity contribution < 1.29 is 4.43 Å². The highest BCUT2D eigenvalue weighted by Crippen LogP contribution is 2.37. The molecule has 0 unspecified atom stereocenters. The lowest BCUT2D eigenvalue weighted by atomic mass is 10.2. The molecule has 0 saturated carbocycles. The van der Waals surface area contributed by atoms with Crippen molar-refractivity contribution in [3.63, 3.8) is 0 Å². The minimum absolute atomic E-state index is 0.259. The Balaban J connectivity index is 2.88. The van der Waals surface area contributed by atoms with E-state index in [2.05, 4.69) is 65.1 Å². The molecule has 0 radical (unpaired) electrons. The Hall–Kier alpha value is -0.763. The average molecular weight is 236 g/mol. The molecule has 0 spiro atoms. The minimum Gasteiger partial charge on any atom is -0.543 e. The van der Waals surface area contributed by atoms with E-state index in [1.807, 2.05) is 0 Å². The lowest BCUT2D eigenvalue weighted by molar-refractivity contribution is 0.491. The maximum Gasteiger partial charge on any atom is 0.250 e. The second-order valence-electron chi connectivity index (χ2n) is 5.86. The van der Waals surface area contributed by atoms with Crippen LogP contribution in [0.2, 0.25) is 18.1 Å². The Morgan fingerprint density at radius 2 is 1.81 bits per heavy atom. The van der Waals surface area contributed by atoms with Crippen LogP contribution in [0.1, 0.15) is 33.3 Å². The predicted octanol–water partition coefficient (Wildman–Crippen LogP) is 4.63. The van der Waals surface area contributed by atoms with Crippen molar-refractivity contribution in [2.75, 3.05) is 0 Å². The van der Waals surface area contributed by atoms with Crippen LogP contribution < -0.4 is 4.43 Å². The average Bonchev–Trinajstić information content (AvgIpc) is 2.15. The van der Waals surface area contributed by atoms with Crippen LogP contribution in [0.25, 0.3) is 0 Å². The summed E-state index contributed by atoms with van der Waals surface area (Å²) in [6, 6.07) is 8.47. The zero-order chi connectivity index (χ0) is 12.4. The van der Waals surface area contributed by atoms with Crippen molar-refractivity contribution in [2.24, 2.45) is 0 Å². The van der Waals surface area contributed by atoms with E-state index in [9.17, 15) is 0 Å². The van der Waals surface area contributed by atoms with E-state index < -0.39 is 8.32 Å². The molecular formula is C14H24OSi. The molecule has 0 heterocycles. The lowest BCUT2D eigenvalue weighted by Gasteiger charge is -2.36. The smallest absolute Gasteiger partial charge is 0.250 e. The highest BCUT2D eigenvalue weighted by molar-refractivity contribution is 6.74. The first-order valence-corrected chi connectivity index (χ1v) is 8.95. The number of aryl methyl sites for hydroxylation is 1. The second kappa shape index (κ2) is 4.62. The molecule has 16 heavy (non-hydrogen) atoms. The molecular weight excluding hydrogens is 212 g/mol.